The predicted octanol–water partition coefficient (Wildman–Crippen LogP) is 4.41. The average molecular weight is 257 g/mol. The Morgan fingerprint density at radius 1 is 0.941 bits per heavy atom. The third kappa shape index (κ3) is 4.86. The molecule has 0 aliphatic rings. The molecule has 0 unspecified atom stereocenters. The molecule has 3 heteroatoms. The van der Waals surface area contributed by atoms with E-state index in [-0.39, 0.29) is 0 Å². The molecule has 1 rings (SSSR count). The minimum absolute atomic E-state index is 0.478. The summed E-state index contributed by atoms with van der Waals surface area (Å²) >= 11 is 6.23. The second-order valence-corrected chi connectivity index (χ2v) is 5.36. The summed E-state index contributed by atoms with van der Waals surface area (Å²) in [6, 6.07) is 5.64. The van der Waals surface area contributed by atoms with Gasteiger partial charge in [-0.3, -0.25) is 0 Å². The molecule has 0 heterocycles. The largest absolute Gasteiger partial charge is 0.492 e. The van der Waals surface area contributed by atoms with Crippen molar-refractivity contribution < 1.29 is 9.47 Å². The van der Waals surface area contributed by atoms with Crippen LogP contribution < -0.4 is 9.47 Å². The molecule has 0 bridgehead atoms. The normalized spacial score (nSPS) is 11.0. The van der Waals surface area contributed by atoms with Crippen LogP contribution in [0.5, 0.6) is 11.5 Å². The lowest BCUT2D eigenvalue weighted by Gasteiger charge is -2.14. The fourth-order valence-electron chi connectivity index (χ4n) is 1.23. The van der Waals surface area contributed by atoms with Crippen molar-refractivity contribution in [2.24, 2.45) is 11.8 Å². The number of halogens is 1. The third-order valence-electron chi connectivity index (χ3n) is 2.07. The van der Waals surface area contributed by atoms with Crippen LogP contribution in [0.1, 0.15) is 27.7 Å². The molecule has 2 nitrogen and oxygen atoms in total. The molecule has 0 saturated carbocycles. The number of rotatable bonds is 6. The van der Waals surface area contributed by atoms with Gasteiger partial charge in [-0.1, -0.05) is 45.4 Å². The third-order valence-corrected chi connectivity index (χ3v) is 2.44. The van der Waals surface area contributed by atoms with Crippen molar-refractivity contribution in [3.05, 3.63) is 23.2 Å². The van der Waals surface area contributed by atoms with E-state index in [1.54, 1.807) is 0 Å². The SMILES string of the molecule is CC(C)COc1cccc(OCC(C)C)c1Cl. The zero-order valence-corrected chi connectivity index (χ0v) is 11.8. The maximum absolute atomic E-state index is 6.23. The summed E-state index contributed by atoms with van der Waals surface area (Å²) in [6.07, 6.45) is 0. The van der Waals surface area contributed by atoms with E-state index in [1.165, 1.54) is 0 Å². The molecular formula is C14H21ClO2. The van der Waals surface area contributed by atoms with E-state index >= 15 is 0 Å². The molecule has 0 fully saturated rings. The summed E-state index contributed by atoms with van der Waals surface area (Å²) in [5, 5.41) is 0.564. The van der Waals surface area contributed by atoms with Crippen molar-refractivity contribution >= 4 is 11.6 Å². The van der Waals surface area contributed by atoms with Gasteiger partial charge in [-0.05, 0) is 24.0 Å². The maximum Gasteiger partial charge on any atom is 0.141 e. The number of hydrogen-bond donors (Lipinski definition) is 0. The van der Waals surface area contributed by atoms with Crippen LogP contribution in [-0.2, 0) is 0 Å². The Hall–Kier alpha value is -0.890. The van der Waals surface area contributed by atoms with Crippen molar-refractivity contribution in [2.75, 3.05) is 13.2 Å². The molecule has 1 aromatic rings. The maximum atomic E-state index is 6.23. The average Bonchev–Trinajstić information content (AvgIpc) is 2.25. The summed E-state index contributed by atoms with van der Waals surface area (Å²) in [4.78, 5) is 0. The molecule has 0 amide bonds. The van der Waals surface area contributed by atoms with Gasteiger partial charge in [0.1, 0.15) is 16.5 Å². The molecule has 17 heavy (non-hydrogen) atoms. The lowest BCUT2D eigenvalue weighted by atomic mass is 10.2. The van der Waals surface area contributed by atoms with Crippen molar-refractivity contribution in [3.8, 4) is 11.5 Å². The van der Waals surface area contributed by atoms with Crippen LogP contribution in [0.2, 0.25) is 5.02 Å². The summed E-state index contributed by atoms with van der Waals surface area (Å²) in [5.74, 6) is 2.35. The number of ether oxygens (including phenoxy) is 2. The van der Waals surface area contributed by atoms with E-state index in [1.807, 2.05) is 18.2 Å². The van der Waals surface area contributed by atoms with Gasteiger partial charge < -0.3 is 9.47 Å². The highest BCUT2D eigenvalue weighted by Gasteiger charge is 2.09. The molecule has 1 aromatic carbocycles. The van der Waals surface area contributed by atoms with Gasteiger partial charge in [-0.25, -0.2) is 0 Å². The molecule has 0 saturated heterocycles. The molecule has 0 atom stereocenters. The van der Waals surface area contributed by atoms with Gasteiger partial charge in [0, 0.05) is 0 Å². The topological polar surface area (TPSA) is 18.5 Å². The predicted molar refractivity (Wildman–Crippen MR) is 72.1 cm³/mol. The molecule has 0 aliphatic heterocycles. The Balaban J connectivity index is 2.69. The minimum atomic E-state index is 0.478. The number of hydrogen-bond acceptors (Lipinski definition) is 2. The lowest BCUT2D eigenvalue weighted by molar-refractivity contribution is 0.258. The van der Waals surface area contributed by atoms with Gasteiger partial charge in [0.05, 0.1) is 13.2 Å². The molecule has 0 aliphatic carbocycles. The molecule has 96 valence electrons. The highest BCUT2D eigenvalue weighted by atomic mass is 35.5. The fourth-order valence-corrected chi connectivity index (χ4v) is 1.46. The first-order chi connectivity index (χ1) is 8.00. The summed E-state index contributed by atoms with van der Waals surface area (Å²) in [5.41, 5.74) is 0. The van der Waals surface area contributed by atoms with Crippen molar-refractivity contribution in [3.63, 3.8) is 0 Å². The molecule has 0 radical (unpaired) electrons. The van der Waals surface area contributed by atoms with Crippen molar-refractivity contribution in [1.29, 1.82) is 0 Å². The Morgan fingerprint density at radius 3 is 1.71 bits per heavy atom. The quantitative estimate of drug-likeness (QED) is 0.751. The Bertz CT molecular complexity index is 318. The first kappa shape index (κ1) is 14.2. The van der Waals surface area contributed by atoms with Crippen molar-refractivity contribution in [2.45, 2.75) is 27.7 Å². The molecular weight excluding hydrogens is 236 g/mol. The monoisotopic (exact) mass is 256 g/mol. The van der Waals surface area contributed by atoms with E-state index < -0.39 is 0 Å². The minimum Gasteiger partial charge on any atom is -0.492 e. The van der Waals surface area contributed by atoms with Crippen LogP contribution in [0.25, 0.3) is 0 Å². The summed E-state index contributed by atoms with van der Waals surface area (Å²) in [7, 11) is 0. The van der Waals surface area contributed by atoms with Gasteiger partial charge in [-0.15, -0.1) is 0 Å². The van der Waals surface area contributed by atoms with Crippen LogP contribution >= 0.6 is 11.6 Å². The van der Waals surface area contributed by atoms with E-state index in [9.17, 15) is 0 Å². The van der Waals surface area contributed by atoms with Gasteiger partial charge in [0.25, 0.3) is 0 Å². The van der Waals surface area contributed by atoms with Crippen LogP contribution in [0.15, 0.2) is 18.2 Å². The first-order valence-corrected chi connectivity index (χ1v) is 6.42. The van der Waals surface area contributed by atoms with E-state index in [0.717, 1.165) is 0 Å². The van der Waals surface area contributed by atoms with E-state index in [4.69, 9.17) is 21.1 Å². The zero-order valence-electron chi connectivity index (χ0n) is 11.0. The highest BCUT2D eigenvalue weighted by molar-refractivity contribution is 6.33. The Kier molecular flexibility index (Phi) is 5.63. The second-order valence-electron chi connectivity index (χ2n) is 4.98. The molecule has 0 aromatic heterocycles. The lowest BCUT2D eigenvalue weighted by Crippen LogP contribution is -2.07. The van der Waals surface area contributed by atoms with E-state index in [0.29, 0.717) is 41.6 Å². The number of benzene rings is 1. The molecule has 0 N–H and O–H groups in total. The second kappa shape index (κ2) is 6.75. The van der Waals surface area contributed by atoms with Gasteiger partial charge in [0.2, 0.25) is 0 Å². The van der Waals surface area contributed by atoms with Gasteiger partial charge in [-0.2, -0.15) is 0 Å². The van der Waals surface area contributed by atoms with Crippen molar-refractivity contribution in [1.82, 2.24) is 0 Å². The first-order valence-electron chi connectivity index (χ1n) is 6.04. The summed E-state index contributed by atoms with van der Waals surface area (Å²) in [6.45, 7) is 9.74. The summed E-state index contributed by atoms with van der Waals surface area (Å²) < 4.78 is 11.3. The highest BCUT2D eigenvalue weighted by Crippen LogP contribution is 2.34. The van der Waals surface area contributed by atoms with Crippen LogP contribution in [0.3, 0.4) is 0 Å². The van der Waals surface area contributed by atoms with Gasteiger partial charge >= 0.3 is 0 Å². The van der Waals surface area contributed by atoms with Crippen LogP contribution in [0.4, 0.5) is 0 Å². The molecule has 0 spiro atoms. The smallest absolute Gasteiger partial charge is 0.141 e. The fraction of sp³-hybridized carbons (Fsp3) is 0.571. The van der Waals surface area contributed by atoms with Crippen LogP contribution in [0, 0.1) is 11.8 Å². The van der Waals surface area contributed by atoms with Crippen LogP contribution in [-0.4, -0.2) is 13.2 Å². The Morgan fingerprint density at radius 2 is 1.35 bits per heavy atom. The van der Waals surface area contributed by atoms with Gasteiger partial charge in [0.15, 0.2) is 0 Å². The zero-order chi connectivity index (χ0) is 12.8. The van der Waals surface area contributed by atoms with E-state index in [2.05, 4.69) is 27.7 Å². The Labute approximate surface area is 109 Å². The standard InChI is InChI=1S/C14H21ClO2/c1-10(2)8-16-12-6-5-7-13(14(12)15)17-9-11(3)4/h5-7,10-11H,8-9H2,1-4H3.